The lowest BCUT2D eigenvalue weighted by atomic mass is 9.78. The lowest BCUT2D eigenvalue weighted by Crippen LogP contribution is -2.56. The van der Waals surface area contributed by atoms with Crippen LogP contribution in [-0.4, -0.2) is 89.1 Å². The Kier molecular flexibility index (Phi) is 5.39. The lowest BCUT2D eigenvalue weighted by Gasteiger charge is -2.30. The zero-order chi connectivity index (χ0) is 19.3. The van der Waals surface area contributed by atoms with E-state index in [1.165, 1.54) is 8.61 Å². The Morgan fingerprint density at radius 1 is 1.42 bits per heavy atom. The molecule has 5 atom stereocenters. The van der Waals surface area contributed by atoms with Crippen molar-refractivity contribution in [1.82, 2.24) is 13.9 Å². The van der Waals surface area contributed by atoms with Crippen LogP contribution in [0.1, 0.15) is 19.8 Å². The van der Waals surface area contributed by atoms with Crippen molar-refractivity contribution < 1.29 is 28.4 Å². The minimum atomic E-state index is -3.80. The molecule has 3 rings (SSSR count). The van der Waals surface area contributed by atoms with Gasteiger partial charge in [0.05, 0.1) is 0 Å². The minimum Gasteiger partial charge on any atom is -0.480 e. The van der Waals surface area contributed by atoms with E-state index in [1.54, 1.807) is 0 Å². The molecule has 26 heavy (non-hydrogen) atoms. The highest BCUT2D eigenvalue weighted by Gasteiger charge is 2.59. The molecule has 2 unspecified atom stereocenters. The third kappa shape index (κ3) is 3.39. The first-order chi connectivity index (χ1) is 12.1. The molecule has 2 heterocycles. The van der Waals surface area contributed by atoms with Gasteiger partial charge in [-0.2, -0.15) is 17.0 Å². The average Bonchev–Trinajstić information content (AvgIpc) is 3.08. The fraction of sp³-hybridized carbons (Fsp3) is 0.929. The van der Waals surface area contributed by atoms with Crippen LogP contribution in [-0.2, 0) is 15.0 Å². The summed E-state index contributed by atoms with van der Waals surface area (Å²) in [7, 11) is -5.27. The lowest BCUT2D eigenvalue weighted by molar-refractivity contribution is -0.144. The molecule has 2 aliphatic heterocycles. The third-order valence-electron chi connectivity index (χ3n) is 6.00. The maximum absolute atomic E-state index is 13.1. The number of nitrogens with zero attached hydrogens (tertiary/aromatic N) is 2. The normalized spacial score (nSPS) is 38.2. The SMILES string of the molecule is C[C@H]1C2NCCN(S(=O)(=O)N3C[C@H](CCCB(O)O)[C@](N)(C(=O)O)C3)C21. The molecule has 1 aliphatic carbocycles. The number of carboxylic acid groups (broad SMARTS) is 1. The van der Waals surface area contributed by atoms with Crippen LogP contribution >= 0.6 is 0 Å². The van der Waals surface area contributed by atoms with E-state index < -0.39 is 34.8 Å². The zero-order valence-corrected chi connectivity index (χ0v) is 15.6. The Hall–Kier alpha value is -0.755. The predicted molar refractivity (Wildman–Crippen MR) is 94.2 cm³/mol. The van der Waals surface area contributed by atoms with Crippen LogP contribution in [0.4, 0.5) is 0 Å². The largest absolute Gasteiger partial charge is 0.480 e. The number of aliphatic carboxylic acids is 1. The molecule has 3 fully saturated rings. The van der Waals surface area contributed by atoms with Crippen LogP contribution in [0.5, 0.6) is 0 Å². The van der Waals surface area contributed by atoms with Gasteiger partial charge in [-0.15, -0.1) is 0 Å². The molecule has 12 heteroatoms. The summed E-state index contributed by atoms with van der Waals surface area (Å²) in [6.45, 7) is 2.68. The molecule has 0 spiro atoms. The summed E-state index contributed by atoms with van der Waals surface area (Å²) < 4.78 is 28.9. The Morgan fingerprint density at radius 2 is 2.12 bits per heavy atom. The van der Waals surface area contributed by atoms with Gasteiger partial charge in [0.1, 0.15) is 5.54 Å². The highest BCUT2D eigenvalue weighted by atomic mass is 32.2. The Morgan fingerprint density at radius 3 is 2.73 bits per heavy atom. The maximum atomic E-state index is 13.1. The molecule has 2 saturated heterocycles. The van der Waals surface area contributed by atoms with Crippen molar-refractivity contribution in [2.45, 2.75) is 43.7 Å². The first kappa shape index (κ1) is 20.0. The molecule has 0 bridgehead atoms. The predicted octanol–water partition coefficient (Wildman–Crippen LogP) is -2.51. The summed E-state index contributed by atoms with van der Waals surface area (Å²) in [6.07, 6.45) is 0.770. The van der Waals surface area contributed by atoms with Crippen LogP contribution in [0.2, 0.25) is 6.32 Å². The van der Waals surface area contributed by atoms with Gasteiger partial charge in [0.25, 0.3) is 10.2 Å². The third-order valence-corrected chi connectivity index (χ3v) is 7.95. The minimum absolute atomic E-state index is 0.0301. The van der Waals surface area contributed by atoms with Crippen LogP contribution in [0.15, 0.2) is 0 Å². The summed E-state index contributed by atoms with van der Waals surface area (Å²) in [5.41, 5.74) is 4.42. The number of nitrogens with one attached hydrogen (secondary N) is 1. The maximum Gasteiger partial charge on any atom is 0.451 e. The smallest absolute Gasteiger partial charge is 0.451 e. The number of fused-ring (bicyclic) bond motifs is 1. The molecule has 148 valence electrons. The molecule has 0 aromatic rings. The van der Waals surface area contributed by atoms with Gasteiger partial charge in [0, 0.05) is 44.2 Å². The quantitative estimate of drug-likeness (QED) is 0.299. The molecule has 1 saturated carbocycles. The van der Waals surface area contributed by atoms with Gasteiger partial charge < -0.3 is 26.2 Å². The number of carboxylic acids is 1. The van der Waals surface area contributed by atoms with E-state index in [1.807, 2.05) is 6.92 Å². The van der Waals surface area contributed by atoms with E-state index in [0.717, 1.165) is 0 Å². The molecular formula is C14H27BN4O6S. The second kappa shape index (κ2) is 7.00. The monoisotopic (exact) mass is 390 g/mol. The highest BCUT2D eigenvalue weighted by Crippen LogP contribution is 2.41. The summed E-state index contributed by atoms with van der Waals surface area (Å²) in [5, 5.41) is 30.8. The summed E-state index contributed by atoms with van der Waals surface area (Å²) >= 11 is 0. The highest BCUT2D eigenvalue weighted by molar-refractivity contribution is 7.86. The van der Waals surface area contributed by atoms with Crippen molar-refractivity contribution in [3.05, 3.63) is 0 Å². The number of rotatable bonds is 7. The topological polar surface area (TPSA) is 156 Å². The summed E-state index contributed by atoms with van der Waals surface area (Å²) in [5.74, 6) is -1.58. The van der Waals surface area contributed by atoms with Gasteiger partial charge in [-0.3, -0.25) is 4.79 Å². The van der Waals surface area contributed by atoms with Crippen LogP contribution in [0.25, 0.3) is 0 Å². The van der Waals surface area contributed by atoms with Crippen LogP contribution < -0.4 is 11.1 Å². The number of carbonyl (C=O) groups is 1. The van der Waals surface area contributed by atoms with Crippen molar-refractivity contribution in [2.75, 3.05) is 26.2 Å². The first-order valence-electron chi connectivity index (χ1n) is 8.97. The summed E-state index contributed by atoms with van der Waals surface area (Å²) in [4.78, 5) is 11.7. The molecule has 0 aromatic carbocycles. The fourth-order valence-electron chi connectivity index (χ4n) is 4.31. The van der Waals surface area contributed by atoms with Crippen LogP contribution in [0.3, 0.4) is 0 Å². The van der Waals surface area contributed by atoms with Crippen LogP contribution in [0, 0.1) is 11.8 Å². The zero-order valence-electron chi connectivity index (χ0n) is 14.8. The molecule has 0 aromatic heterocycles. The number of piperazine rings is 1. The Labute approximate surface area is 153 Å². The first-order valence-corrected chi connectivity index (χ1v) is 10.4. The molecule has 0 radical (unpaired) electrons. The van der Waals surface area contributed by atoms with Crippen molar-refractivity contribution >= 4 is 23.3 Å². The van der Waals surface area contributed by atoms with Gasteiger partial charge in [-0.25, -0.2) is 0 Å². The van der Waals surface area contributed by atoms with E-state index in [-0.39, 0.29) is 37.4 Å². The fourth-order valence-corrected chi connectivity index (χ4v) is 6.30. The van der Waals surface area contributed by atoms with Gasteiger partial charge in [-0.1, -0.05) is 13.3 Å². The molecule has 3 aliphatic rings. The van der Waals surface area contributed by atoms with E-state index in [4.69, 9.17) is 15.8 Å². The Balaban J connectivity index is 1.75. The van der Waals surface area contributed by atoms with Crippen molar-refractivity contribution in [1.29, 1.82) is 0 Å². The number of nitrogens with two attached hydrogens (primary N) is 1. The van der Waals surface area contributed by atoms with E-state index in [9.17, 15) is 18.3 Å². The van der Waals surface area contributed by atoms with E-state index in [2.05, 4.69) is 5.32 Å². The number of hydrogen-bond acceptors (Lipinski definition) is 7. The molecule has 10 nitrogen and oxygen atoms in total. The molecular weight excluding hydrogens is 363 g/mol. The van der Waals surface area contributed by atoms with Gasteiger partial charge in [0.2, 0.25) is 0 Å². The Bertz CT molecular complexity index is 664. The van der Waals surface area contributed by atoms with E-state index in [0.29, 0.717) is 25.9 Å². The van der Waals surface area contributed by atoms with Gasteiger partial charge >= 0.3 is 13.1 Å². The van der Waals surface area contributed by atoms with Gasteiger partial charge in [0.15, 0.2) is 0 Å². The van der Waals surface area contributed by atoms with E-state index >= 15 is 0 Å². The van der Waals surface area contributed by atoms with Crippen molar-refractivity contribution in [3.63, 3.8) is 0 Å². The second-order valence-corrected chi connectivity index (χ2v) is 9.58. The number of hydrogen-bond donors (Lipinski definition) is 5. The molecule has 0 amide bonds. The van der Waals surface area contributed by atoms with Crippen molar-refractivity contribution in [3.8, 4) is 0 Å². The standard InChI is InChI=1S/C14H27BN4O6S/c1-9-11-12(9)19(6-5-17-11)26(24,25)18-7-10(3-2-4-15(22)23)14(16,8-18)13(20)21/h9-12,17,22-23H,2-8,16H2,1H3,(H,20,21)/t9-,10-,11?,12?,14-/m0/s1. The second-order valence-electron chi connectivity index (χ2n) is 7.69. The average molecular weight is 390 g/mol. The van der Waals surface area contributed by atoms with Gasteiger partial charge in [-0.05, 0) is 18.7 Å². The summed E-state index contributed by atoms with van der Waals surface area (Å²) in [6, 6.07) is 0.0689. The molecule has 6 N–H and O–H groups in total. The van der Waals surface area contributed by atoms with Crippen molar-refractivity contribution in [2.24, 2.45) is 17.6 Å².